The van der Waals surface area contributed by atoms with E-state index in [0.29, 0.717) is 30.7 Å². The maximum atomic E-state index is 10.7. The third-order valence-electron chi connectivity index (χ3n) is 2.27. The summed E-state index contributed by atoms with van der Waals surface area (Å²) in [4.78, 5) is 10.2. The third kappa shape index (κ3) is 4.21. The molecule has 1 aromatic rings. The summed E-state index contributed by atoms with van der Waals surface area (Å²) in [6.45, 7) is 5.17. The number of nitro benzene ring substituents is 1. The Morgan fingerprint density at radius 1 is 1.39 bits per heavy atom. The van der Waals surface area contributed by atoms with Gasteiger partial charge in [0.2, 0.25) is 0 Å². The van der Waals surface area contributed by atoms with Crippen LogP contribution in [-0.4, -0.2) is 31.2 Å². The first-order chi connectivity index (χ1) is 8.54. The fraction of sp³-hybridized carbons (Fsp3) is 0.500. The second-order valence-corrected chi connectivity index (χ2v) is 4.05. The maximum absolute atomic E-state index is 10.7. The highest BCUT2D eigenvalue weighted by Crippen LogP contribution is 2.30. The molecule has 0 aromatic heterocycles. The highest BCUT2D eigenvalue weighted by molar-refractivity contribution is 5.48. The molecule has 0 unspecified atom stereocenters. The van der Waals surface area contributed by atoms with Crippen molar-refractivity contribution in [3.63, 3.8) is 0 Å². The molecule has 0 bridgehead atoms. The number of nitro groups is 1. The van der Waals surface area contributed by atoms with Crippen molar-refractivity contribution < 1.29 is 14.4 Å². The summed E-state index contributed by atoms with van der Waals surface area (Å²) in [6, 6.07) is 4.66. The molecule has 0 aliphatic heterocycles. The molecule has 0 saturated heterocycles. The number of methoxy groups -OCH3 is 1. The Morgan fingerprint density at radius 2 is 2.11 bits per heavy atom. The van der Waals surface area contributed by atoms with Crippen LogP contribution in [0.5, 0.6) is 11.5 Å². The molecular weight excluding hydrogens is 236 g/mol. The summed E-state index contributed by atoms with van der Waals surface area (Å²) in [5.41, 5.74) is -0.0115. The first-order valence-electron chi connectivity index (χ1n) is 5.73. The molecule has 0 aliphatic rings. The molecule has 0 spiro atoms. The van der Waals surface area contributed by atoms with Crippen LogP contribution < -0.4 is 14.8 Å². The van der Waals surface area contributed by atoms with Crippen molar-refractivity contribution in [2.75, 3.05) is 20.3 Å². The van der Waals surface area contributed by atoms with Gasteiger partial charge < -0.3 is 14.8 Å². The van der Waals surface area contributed by atoms with Gasteiger partial charge in [0.25, 0.3) is 5.69 Å². The van der Waals surface area contributed by atoms with Gasteiger partial charge in [0.1, 0.15) is 6.61 Å². The molecule has 18 heavy (non-hydrogen) atoms. The summed E-state index contributed by atoms with van der Waals surface area (Å²) in [7, 11) is 1.50. The van der Waals surface area contributed by atoms with Gasteiger partial charge in [-0.2, -0.15) is 0 Å². The maximum Gasteiger partial charge on any atom is 0.273 e. The Labute approximate surface area is 106 Å². The lowest BCUT2D eigenvalue weighted by Crippen LogP contribution is -2.27. The highest BCUT2D eigenvalue weighted by atomic mass is 16.6. The molecule has 0 atom stereocenters. The van der Waals surface area contributed by atoms with E-state index in [0.717, 1.165) is 0 Å². The summed E-state index contributed by atoms with van der Waals surface area (Å²) >= 11 is 0. The van der Waals surface area contributed by atoms with Crippen molar-refractivity contribution in [1.82, 2.24) is 5.32 Å². The van der Waals surface area contributed by atoms with Crippen LogP contribution in [0.2, 0.25) is 0 Å². The zero-order valence-electron chi connectivity index (χ0n) is 10.8. The molecule has 0 saturated carbocycles. The van der Waals surface area contributed by atoms with Gasteiger partial charge in [0, 0.05) is 18.7 Å². The summed E-state index contributed by atoms with van der Waals surface area (Å²) < 4.78 is 10.6. The molecule has 0 fully saturated rings. The second-order valence-electron chi connectivity index (χ2n) is 4.05. The van der Waals surface area contributed by atoms with Crippen LogP contribution in [0.1, 0.15) is 13.8 Å². The second kappa shape index (κ2) is 6.80. The first kappa shape index (κ1) is 14.2. The monoisotopic (exact) mass is 254 g/mol. The SMILES string of the molecule is COc1ccc([N+](=O)[O-])cc1OCCNC(C)C. The van der Waals surface area contributed by atoms with E-state index in [1.54, 1.807) is 0 Å². The molecule has 0 heterocycles. The number of benzene rings is 1. The van der Waals surface area contributed by atoms with E-state index < -0.39 is 4.92 Å². The zero-order valence-corrected chi connectivity index (χ0v) is 10.8. The van der Waals surface area contributed by atoms with Crippen molar-refractivity contribution in [2.24, 2.45) is 0 Å². The molecule has 6 heteroatoms. The topological polar surface area (TPSA) is 73.6 Å². The highest BCUT2D eigenvalue weighted by Gasteiger charge is 2.12. The van der Waals surface area contributed by atoms with Crippen LogP contribution in [0.3, 0.4) is 0 Å². The first-order valence-corrected chi connectivity index (χ1v) is 5.73. The van der Waals surface area contributed by atoms with E-state index >= 15 is 0 Å². The predicted octanol–water partition coefficient (Wildman–Crippen LogP) is 1.98. The lowest BCUT2D eigenvalue weighted by atomic mass is 10.3. The minimum Gasteiger partial charge on any atom is -0.493 e. The van der Waals surface area contributed by atoms with Crippen molar-refractivity contribution in [3.05, 3.63) is 28.3 Å². The normalized spacial score (nSPS) is 10.4. The van der Waals surface area contributed by atoms with E-state index in [1.807, 2.05) is 13.8 Å². The van der Waals surface area contributed by atoms with Gasteiger partial charge >= 0.3 is 0 Å². The number of non-ortho nitro benzene ring substituents is 1. The Balaban J connectivity index is 2.66. The van der Waals surface area contributed by atoms with Gasteiger partial charge in [-0.3, -0.25) is 10.1 Å². The van der Waals surface area contributed by atoms with E-state index in [-0.39, 0.29) is 5.69 Å². The predicted molar refractivity (Wildman–Crippen MR) is 68.3 cm³/mol. The van der Waals surface area contributed by atoms with E-state index in [9.17, 15) is 10.1 Å². The van der Waals surface area contributed by atoms with Gasteiger partial charge in [0.15, 0.2) is 11.5 Å². The zero-order chi connectivity index (χ0) is 13.5. The van der Waals surface area contributed by atoms with Crippen LogP contribution in [0.25, 0.3) is 0 Å². The van der Waals surface area contributed by atoms with Gasteiger partial charge in [0.05, 0.1) is 18.1 Å². The van der Waals surface area contributed by atoms with Gasteiger partial charge in [-0.05, 0) is 6.07 Å². The number of ether oxygens (including phenoxy) is 2. The van der Waals surface area contributed by atoms with Crippen LogP contribution in [0, 0.1) is 10.1 Å². The molecule has 1 rings (SSSR count). The third-order valence-corrected chi connectivity index (χ3v) is 2.27. The lowest BCUT2D eigenvalue weighted by molar-refractivity contribution is -0.385. The number of hydrogen-bond donors (Lipinski definition) is 1. The quantitative estimate of drug-likeness (QED) is 0.457. The minimum absolute atomic E-state index is 0.0115. The van der Waals surface area contributed by atoms with Crippen LogP contribution >= 0.6 is 0 Å². The number of hydrogen-bond acceptors (Lipinski definition) is 5. The minimum atomic E-state index is -0.460. The number of nitrogens with one attached hydrogen (secondary N) is 1. The van der Waals surface area contributed by atoms with E-state index in [2.05, 4.69) is 5.32 Å². The lowest BCUT2D eigenvalue weighted by Gasteiger charge is -2.12. The van der Waals surface area contributed by atoms with Crippen LogP contribution in [0.15, 0.2) is 18.2 Å². The number of rotatable bonds is 7. The molecule has 0 amide bonds. The van der Waals surface area contributed by atoms with Crippen molar-refractivity contribution in [2.45, 2.75) is 19.9 Å². The molecule has 100 valence electrons. The Hall–Kier alpha value is -1.82. The average molecular weight is 254 g/mol. The molecule has 1 N–H and O–H groups in total. The van der Waals surface area contributed by atoms with Crippen molar-refractivity contribution in [3.8, 4) is 11.5 Å². The number of nitrogens with zero attached hydrogens (tertiary/aromatic N) is 1. The summed E-state index contributed by atoms with van der Waals surface area (Å²) in [5.74, 6) is 0.877. The van der Waals surface area contributed by atoms with Crippen LogP contribution in [-0.2, 0) is 0 Å². The van der Waals surface area contributed by atoms with Gasteiger partial charge in [-0.1, -0.05) is 13.8 Å². The Bertz CT molecular complexity index is 407. The van der Waals surface area contributed by atoms with Crippen molar-refractivity contribution >= 4 is 5.69 Å². The van der Waals surface area contributed by atoms with Gasteiger partial charge in [-0.25, -0.2) is 0 Å². The fourth-order valence-corrected chi connectivity index (χ4v) is 1.40. The summed E-state index contributed by atoms with van der Waals surface area (Å²) in [6.07, 6.45) is 0. The standard InChI is InChI=1S/C12H18N2O4/c1-9(2)13-6-7-18-12-8-10(14(15)16)4-5-11(12)17-3/h4-5,8-9,13H,6-7H2,1-3H3. The molecule has 0 radical (unpaired) electrons. The van der Waals surface area contributed by atoms with E-state index in [4.69, 9.17) is 9.47 Å². The van der Waals surface area contributed by atoms with Crippen molar-refractivity contribution in [1.29, 1.82) is 0 Å². The summed E-state index contributed by atoms with van der Waals surface area (Å²) in [5, 5.41) is 13.9. The fourth-order valence-electron chi connectivity index (χ4n) is 1.40. The molecule has 6 nitrogen and oxygen atoms in total. The molecule has 0 aliphatic carbocycles. The van der Waals surface area contributed by atoms with E-state index in [1.165, 1.54) is 25.3 Å². The van der Waals surface area contributed by atoms with Crippen LogP contribution in [0.4, 0.5) is 5.69 Å². The Kier molecular flexibility index (Phi) is 5.38. The molecular formula is C12H18N2O4. The Morgan fingerprint density at radius 3 is 2.67 bits per heavy atom. The molecule has 1 aromatic carbocycles. The smallest absolute Gasteiger partial charge is 0.273 e. The largest absolute Gasteiger partial charge is 0.493 e. The van der Waals surface area contributed by atoms with Gasteiger partial charge in [-0.15, -0.1) is 0 Å². The average Bonchev–Trinajstić information content (AvgIpc) is 2.34.